The third kappa shape index (κ3) is 4.96. The van der Waals surface area contributed by atoms with Gasteiger partial charge in [0.15, 0.2) is 6.10 Å². The third-order valence-electron chi connectivity index (χ3n) is 6.73. The number of esters is 1. The van der Waals surface area contributed by atoms with Crippen LogP contribution >= 0.6 is 0 Å². The summed E-state index contributed by atoms with van der Waals surface area (Å²) in [6.07, 6.45) is 0.996. The molecule has 4 aromatic rings. The van der Waals surface area contributed by atoms with Crippen LogP contribution in [0.2, 0.25) is 0 Å². The lowest BCUT2D eigenvalue weighted by atomic mass is 9.90. The summed E-state index contributed by atoms with van der Waals surface area (Å²) in [6.45, 7) is 7.53. The molecule has 1 saturated heterocycles. The highest BCUT2D eigenvalue weighted by Crippen LogP contribution is 2.43. The normalized spacial score (nSPS) is 20.1. The molecule has 5 rings (SSSR count). The molecule has 1 aliphatic rings. The van der Waals surface area contributed by atoms with Gasteiger partial charge in [0.05, 0.1) is 0 Å². The predicted octanol–water partition coefficient (Wildman–Crippen LogP) is 6.66. The van der Waals surface area contributed by atoms with Crippen molar-refractivity contribution in [2.24, 2.45) is 0 Å². The number of para-hydroxylation sites is 1. The summed E-state index contributed by atoms with van der Waals surface area (Å²) in [7, 11) is 0. The molecule has 0 aliphatic carbocycles. The molecule has 1 fully saturated rings. The maximum Gasteiger partial charge on any atom is 0.411 e. The van der Waals surface area contributed by atoms with Crippen LogP contribution in [-0.4, -0.2) is 33.6 Å². The molecule has 1 aliphatic heterocycles. The first-order chi connectivity index (χ1) is 17.7. The van der Waals surface area contributed by atoms with Crippen LogP contribution in [0.5, 0.6) is 0 Å². The van der Waals surface area contributed by atoms with Gasteiger partial charge < -0.3 is 14.5 Å². The summed E-state index contributed by atoms with van der Waals surface area (Å²) in [6, 6.07) is 23.9. The predicted molar refractivity (Wildman–Crippen MR) is 143 cm³/mol. The number of carbonyl (C=O) groups excluding carboxylic acids is 2. The van der Waals surface area contributed by atoms with Gasteiger partial charge in [0.25, 0.3) is 0 Å². The number of hydrogen-bond acceptors (Lipinski definition) is 4. The van der Waals surface area contributed by atoms with Crippen molar-refractivity contribution in [2.75, 3.05) is 0 Å². The van der Waals surface area contributed by atoms with Gasteiger partial charge in [-0.1, -0.05) is 78.9 Å². The van der Waals surface area contributed by atoms with Crippen LogP contribution in [-0.2, 0) is 20.7 Å². The van der Waals surface area contributed by atoms with E-state index in [1.54, 1.807) is 4.90 Å². The molecule has 6 nitrogen and oxygen atoms in total. The molecule has 3 atom stereocenters. The molecule has 0 saturated carbocycles. The maximum atomic E-state index is 13.9. The van der Waals surface area contributed by atoms with Crippen molar-refractivity contribution in [3.63, 3.8) is 0 Å². The molecule has 3 aromatic carbocycles. The SMILES string of the molecule is Cc1cccc2c(C[C@@H]3C(=O)O[C@@H](c4ccccc4)[C@@H](c4ccccc4)N3C(=O)OC(C)(C)C)c[nH]c12. The number of aromatic nitrogens is 1. The fourth-order valence-electron chi connectivity index (χ4n) is 5.08. The highest BCUT2D eigenvalue weighted by molar-refractivity contribution is 5.88. The number of ether oxygens (including phenoxy) is 2. The standard InChI is InChI=1S/C31H32N2O4/c1-20-12-11-17-24-23(19-32-26(20)24)18-25-29(34)36-28(22-15-9-6-10-16-22)27(21-13-7-5-8-14-21)33(25)30(35)37-31(2,3)4/h5-17,19,25,27-28,32H,18H2,1-4H3/t25-,27-,28+/m1/s1. The largest absolute Gasteiger partial charge is 0.453 e. The molecule has 1 aromatic heterocycles. The summed E-state index contributed by atoms with van der Waals surface area (Å²) >= 11 is 0. The number of carbonyl (C=O) groups is 2. The van der Waals surface area contributed by atoms with Gasteiger partial charge in [0.2, 0.25) is 0 Å². The Labute approximate surface area is 217 Å². The van der Waals surface area contributed by atoms with Crippen molar-refractivity contribution in [3.05, 3.63) is 107 Å². The van der Waals surface area contributed by atoms with Crippen molar-refractivity contribution in [3.8, 4) is 0 Å². The Balaban J connectivity index is 1.63. The second-order valence-corrected chi connectivity index (χ2v) is 10.5. The van der Waals surface area contributed by atoms with Crippen LogP contribution in [0.1, 0.15) is 55.2 Å². The van der Waals surface area contributed by atoms with Crippen molar-refractivity contribution in [1.29, 1.82) is 0 Å². The molecule has 1 amide bonds. The minimum atomic E-state index is -0.862. The quantitative estimate of drug-likeness (QED) is 0.321. The highest BCUT2D eigenvalue weighted by Gasteiger charge is 2.49. The number of H-pyrrole nitrogens is 1. The number of hydrogen-bond donors (Lipinski definition) is 1. The van der Waals surface area contributed by atoms with Crippen LogP contribution in [0.3, 0.4) is 0 Å². The van der Waals surface area contributed by atoms with Gasteiger partial charge >= 0.3 is 12.1 Å². The van der Waals surface area contributed by atoms with Gasteiger partial charge in [0.1, 0.15) is 17.7 Å². The average molecular weight is 497 g/mol. The number of nitrogens with one attached hydrogen (secondary N) is 1. The van der Waals surface area contributed by atoms with Crippen LogP contribution in [0.15, 0.2) is 85.1 Å². The zero-order valence-electron chi connectivity index (χ0n) is 21.6. The third-order valence-corrected chi connectivity index (χ3v) is 6.73. The number of fused-ring (bicyclic) bond motifs is 1. The summed E-state index contributed by atoms with van der Waals surface area (Å²) in [4.78, 5) is 32.5. The van der Waals surface area contributed by atoms with E-state index in [0.717, 1.165) is 33.2 Å². The van der Waals surface area contributed by atoms with Crippen LogP contribution in [0.25, 0.3) is 10.9 Å². The first-order valence-corrected chi connectivity index (χ1v) is 12.6. The summed E-state index contributed by atoms with van der Waals surface area (Å²) in [5.41, 5.74) is 4.04. The molecule has 190 valence electrons. The number of rotatable bonds is 4. The lowest BCUT2D eigenvalue weighted by Gasteiger charge is -2.45. The van der Waals surface area contributed by atoms with Crippen molar-refractivity contribution in [1.82, 2.24) is 9.88 Å². The maximum absolute atomic E-state index is 13.9. The molecular formula is C31H32N2O4. The Kier molecular flexibility index (Phi) is 6.50. The molecule has 37 heavy (non-hydrogen) atoms. The average Bonchev–Trinajstić information content (AvgIpc) is 3.29. The molecule has 6 heteroatoms. The second-order valence-electron chi connectivity index (χ2n) is 10.5. The van der Waals surface area contributed by atoms with E-state index in [1.165, 1.54) is 0 Å². The lowest BCUT2D eigenvalue weighted by Crippen LogP contribution is -2.56. The van der Waals surface area contributed by atoms with E-state index in [-0.39, 0.29) is 0 Å². The van der Waals surface area contributed by atoms with Gasteiger partial charge in [-0.25, -0.2) is 9.59 Å². The smallest absolute Gasteiger partial charge is 0.411 e. The molecule has 0 unspecified atom stereocenters. The topological polar surface area (TPSA) is 71.6 Å². The summed E-state index contributed by atoms with van der Waals surface area (Å²) in [5.74, 6) is -0.450. The van der Waals surface area contributed by atoms with Crippen LogP contribution < -0.4 is 0 Å². The fourth-order valence-corrected chi connectivity index (χ4v) is 5.08. The van der Waals surface area contributed by atoms with Gasteiger partial charge in [-0.05, 0) is 49.9 Å². The Hall–Kier alpha value is -4.06. The fraction of sp³-hybridized carbons (Fsp3) is 0.290. The molecule has 2 heterocycles. The molecular weight excluding hydrogens is 464 g/mol. The van der Waals surface area contributed by atoms with Gasteiger partial charge in [-0.2, -0.15) is 0 Å². The van der Waals surface area contributed by atoms with E-state index in [2.05, 4.69) is 4.98 Å². The molecule has 0 spiro atoms. The number of cyclic esters (lactones) is 1. The number of morpholine rings is 1. The Morgan fingerprint density at radius 1 is 0.946 bits per heavy atom. The first-order valence-electron chi connectivity index (χ1n) is 12.6. The Morgan fingerprint density at radius 2 is 1.59 bits per heavy atom. The van der Waals surface area contributed by atoms with E-state index in [4.69, 9.17) is 9.47 Å². The van der Waals surface area contributed by atoms with Crippen LogP contribution in [0.4, 0.5) is 4.79 Å². The van der Waals surface area contributed by atoms with E-state index in [0.29, 0.717) is 6.42 Å². The molecule has 0 bridgehead atoms. The van der Waals surface area contributed by atoms with Crippen molar-refractivity contribution in [2.45, 2.75) is 57.9 Å². The second kappa shape index (κ2) is 9.77. The zero-order valence-corrected chi connectivity index (χ0v) is 21.6. The summed E-state index contributed by atoms with van der Waals surface area (Å²) in [5, 5.41) is 1.03. The van der Waals surface area contributed by atoms with Crippen LogP contribution in [0, 0.1) is 6.92 Å². The zero-order chi connectivity index (χ0) is 26.2. The number of benzene rings is 3. The number of aryl methyl sites for hydroxylation is 1. The Morgan fingerprint density at radius 3 is 2.24 bits per heavy atom. The van der Waals surface area contributed by atoms with E-state index in [9.17, 15) is 9.59 Å². The van der Waals surface area contributed by atoms with Gasteiger partial charge in [-0.3, -0.25) is 4.90 Å². The van der Waals surface area contributed by atoms with E-state index >= 15 is 0 Å². The minimum Gasteiger partial charge on any atom is -0.453 e. The number of aromatic amines is 1. The van der Waals surface area contributed by atoms with E-state index in [1.807, 2.05) is 113 Å². The first kappa shape index (κ1) is 24.6. The highest BCUT2D eigenvalue weighted by atomic mass is 16.6. The Bertz CT molecular complexity index is 1410. The van der Waals surface area contributed by atoms with E-state index < -0.39 is 35.9 Å². The van der Waals surface area contributed by atoms with Gasteiger partial charge in [-0.15, -0.1) is 0 Å². The van der Waals surface area contributed by atoms with Crippen molar-refractivity contribution >= 4 is 23.0 Å². The van der Waals surface area contributed by atoms with Gasteiger partial charge in [0, 0.05) is 23.5 Å². The minimum absolute atomic E-state index is 0.298. The van der Waals surface area contributed by atoms with Crippen molar-refractivity contribution < 1.29 is 19.1 Å². The number of amides is 1. The monoisotopic (exact) mass is 496 g/mol. The lowest BCUT2D eigenvalue weighted by molar-refractivity contribution is -0.174. The molecule has 1 N–H and O–H groups in total. The molecule has 0 radical (unpaired) electrons. The number of nitrogens with zero attached hydrogens (tertiary/aromatic N) is 1. The summed E-state index contributed by atoms with van der Waals surface area (Å²) < 4.78 is 12.0.